The maximum atomic E-state index is 9.10. The molecule has 0 radical (unpaired) electrons. The molecule has 3 heteroatoms. The van der Waals surface area contributed by atoms with Crippen molar-refractivity contribution >= 4 is 0 Å². The van der Waals surface area contributed by atoms with Gasteiger partial charge in [-0.2, -0.15) is 0 Å². The molecule has 2 atom stereocenters. The van der Waals surface area contributed by atoms with Crippen LogP contribution in [0.15, 0.2) is 24.3 Å². The second kappa shape index (κ2) is 9.06. The molecule has 0 spiro atoms. The zero-order valence-electron chi connectivity index (χ0n) is 13.2. The molecule has 1 heterocycles. The highest BCUT2D eigenvalue weighted by Crippen LogP contribution is 2.19. The lowest BCUT2D eigenvalue weighted by Gasteiger charge is -2.13. The Hall–Kier alpha value is -1.06. The molecule has 0 unspecified atom stereocenters. The number of rotatable bonds is 9. The number of ether oxygens (including phenoxy) is 1. The van der Waals surface area contributed by atoms with Crippen molar-refractivity contribution < 1.29 is 9.84 Å². The van der Waals surface area contributed by atoms with Gasteiger partial charge in [0.25, 0.3) is 0 Å². The predicted octanol–water partition coefficient (Wildman–Crippen LogP) is 3.30. The number of benzene rings is 1. The van der Waals surface area contributed by atoms with E-state index >= 15 is 0 Å². The standard InChI is InChI=1S/C18H29NO2/c1-2-3-4-5-6-7-15-8-10-17(11-9-15)21-18-12-16(14-20)19-13-18/h8-11,16,18-20H,2-7,12-14H2,1H3/t16-,18+/m1/s1. The molecule has 21 heavy (non-hydrogen) atoms. The Morgan fingerprint density at radius 2 is 1.90 bits per heavy atom. The van der Waals surface area contributed by atoms with Crippen LogP contribution in [0.2, 0.25) is 0 Å². The zero-order chi connectivity index (χ0) is 14.9. The van der Waals surface area contributed by atoms with Gasteiger partial charge in [-0.1, -0.05) is 44.7 Å². The van der Waals surface area contributed by atoms with Gasteiger partial charge in [0.05, 0.1) is 6.61 Å². The first-order valence-electron chi connectivity index (χ1n) is 8.41. The van der Waals surface area contributed by atoms with Gasteiger partial charge in [0.1, 0.15) is 11.9 Å². The number of hydrogen-bond acceptors (Lipinski definition) is 3. The summed E-state index contributed by atoms with van der Waals surface area (Å²) in [6.07, 6.45) is 8.88. The van der Waals surface area contributed by atoms with Crippen molar-refractivity contribution in [1.82, 2.24) is 5.32 Å². The third-order valence-electron chi connectivity index (χ3n) is 4.20. The minimum Gasteiger partial charge on any atom is -0.489 e. The van der Waals surface area contributed by atoms with Gasteiger partial charge in [-0.15, -0.1) is 0 Å². The van der Waals surface area contributed by atoms with E-state index in [9.17, 15) is 0 Å². The molecule has 1 saturated heterocycles. The lowest BCUT2D eigenvalue weighted by atomic mass is 10.1. The van der Waals surface area contributed by atoms with E-state index in [1.165, 1.54) is 44.1 Å². The van der Waals surface area contributed by atoms with Gasteiger partial charge in [0.2, 0.25) is 0 Å². The Bertz CT molecular complexity index is 391. The fourth-order valence-electron chi connectivity index (χ4n) is 2.87. The maximum Gasteiger partial charge on any atom is 0.119 e. The van der Waals surface area contributed by atoms with Crippen molar-refractivity contribution in [3.63, 3.8) is 0 Å². The smallest absolute Gasteiger partial charge is 0.119 e. The van der Waals surface area contributed by atoms with Gasteiger partial charge >= 0.3 is 0 Å². The monoisotopic (exact) mass is 291 g/mol. The van der Waals surface area contributed by atoms with Gasteiger partial charge in [-0.3, -0.25) is 0 Å². The Morgan fingerprint density at radius 3 is 2.57 bits per heavy atom. The normalized spacial score (nSPS) is 21.6. The van der Waals surface area contributed by atoms with Crippen LogP contribution in [0, 0.1) is 0 Å². The van der Waals surface area contributed by atoms with Gasteiger partial charge < -0.3 is 15.2 Å². The quantitative estimate of drug-likeness (QED) is 0.686. The van der Waals surface area contributed by atoms with E-state index in [-0.39, 0.29) is 18.8 Å². The van der Waals surface area contributed by atoms with Gasteiger partial charge in [-0.25, -0.2) is 0 Å². The van der Waals surface area contributed by atoms with Crippen molar-refractivity contribution in [1.29, 1.82) is 0 Å². The number of aryl methyl sites for hydroxylation is 1. The molecule has 2 N–H and O–H groups in total. The second-order valence-electron chi connectivity index (χ2n) is 6.07. The van der Waals surface area contributed by atoms with E-state index in [0.717, 1.165) is 18.7 Å². The third kappa shape index (κ3) is 5.68. The second-order valence-corrected chi connectivity index (χ2v) is 6.07. The van der Waals surface area contributed by atoms with Crippen molar-refractivity contribution in [3.05, 3.63) is 29.8 Å². The van der Waals surface area contributed by atoms with E-state index in [0.29, 0.717) is 0 Å². The number of hydrogen-bond donors (Lipinski definition) is 2. The summed E-state index contributed by atoms with van der Waals surface area (Å²) in [6.45, 7) is 3.27. The van der Waals surface area contributed by atoms with E-state index in [1.807, 2.05) is 0 Å². The summed E-state index contributed by atoms with van der Waals surface area (Å²) in [5.74, 6) is 0.940. The summed E-state index contributed by atoms with van der Waals surface area (Å²) < 4.78 is 5.95. The molecule has 1 aromatic carbocycles. The Morgan fingerprint density at radius 1 is 1.14 bits per heavy atom. The van der Waals surface area contributed by atoms with Gasteiger partial charge in [0, 0.05) is 19.0 Å². The van der Waals surface area contributed by atoms with E-state index in [4.69, 9.17) is 9.84 Å². The van der Waals surface area contributed by atoms with E-state index < -0.39 is 0 Å². The lowest BCUT2D eigenvalue weighted by molar-refractivity contribution is 0.206. The van der Waals surface area contributed by atoms with Crippen LogP contribution in [0.3, 0.4) is 0 Å². The minimum atomic E-state index is 0.182. The maximum absolute atomic E-state index is 9.10. The first-order chi connectivity index (χ1) is 10.3. The summed E-state index contributed by atoms with van der Waals surface area (Å²) in [7, 11) is 0. The van der Waals surface area contributed by atoms with Crippen molar-refractivity contribution in [2.75, 3.05) is 13.2 Å². The SMILES string of the molecule is CCCCCCCc1ccc(O[C@@H]2CN[C@@H](CO)C2)cc1. The predicted molar refractivity (Wildman–Crippen MR) is 86.8 cm³/mol. The summed E-state index contributed by atoms with van der Waals surface area (Å²) >= 11 is 0. The molecular weight excluding hydrogens is 262 g/mol. The number of nitrogens with one attached hydrogen (secondary N) is 1. The number of unbranched alkanes of at least 4 members (excludes halogenated alkanes) is 4. The van der Waals surface area contributed by atoms with Crippen molar-refractivity contribution in [2.45, 2.75) is 64.0 Å². The highest BCUT2D eigenvalue weighted by molar-refractivity contribution is 5.27. The minimum absolute atomic E-state index is 0.182. The molecule has 0 aliphatic carbocycles. The molecule has 0 saturated carbocycles. The highest BCUT2D eigenvalue weighted by atomic mass is 16.5. The third-order valence-corrected chi connectivity index (χ3v) is 4.20. The Kier molecular flexibility index (Phi) is 7.04. The summed E-state index contributed by atoms with van der Waals surface area (Å²) in [5.41, 5.74) is 1.40. The fourth-order valence-corrected chi connectivity index (χ4v) is 2.87. The average molecular weight is 291 g/mol. The largest absolute Gasteiger partial charge is 0.489 e. The molecule has 1 aromatic rings. The molecule has 1 aliphatic heterocycles. The van der Waals surface area contributed by atoms with Crippen molar-refractivity contribution in [2.24, 2.45) is 0 Å². The fraction of sp³-hybridized carbons (Fsp3) is 0.667. The summed E-state index contributed by atoms with van der Waals surface area (Å²) in [5, 5.41) is 12.4. The van der Waals surface area contributed by atoms with Crippen LogP contribution in [0.25, 0.3) is 0 Å². The van der Waals surface area contributed by atoms with Crippen LogP contribution >= 0.6 is 0 Å². The van der Waals surface area contributed by atoms with Crippen LogP contribution in [0.4, 0.5) is 0 Å². The van der Waals surface area contributed by atoms with Crippen LogP contribution < -0.4 is 10.1 Å². The average Bonchev–Trinajstić information content (AvgIpc) is 2.96. The topological polar surface area (TPSA) is 41.5 Å². The molecule has 0 bridgehead atoms. The molecular formula is C18H29NO2. The van der Waals surface area contributed by atoms with E-state index in [2.05, 4.69) is 36.5 Å². The number of aliphatic hydroxyl groups is 1. The van der Waals surface area contributed by atoms with Crippen LogP contribution in [-0.2, 0) is 6.42 Å². The van der Waals surface area contributed by atoms with Crippen LogP contribution in [0.5, 0.6) is 5.75 Å². The van der Waals surface area contributed by atoms with Crippen LogP contribution in [0.1, 0.15) is 51.0 Å². The van der Waals surface area contributed by atoms with Crippen LogP contribution in [-0.4, -0.2) is 30.4 Å². The summed E-state index contributed by atoms with van der Waals surface area (Å²) in [4.78, 5) is 0. The molecule has 118 valence electrons. The first kappa shape index (κ1) is 16.3. The molecule has 3 nitrogen and oxygen atoms in total. The first-order valence-corrected chi connectivity index (χ1v) is 8.41. The van der Waals surface area contributed by atoms with E-state index in [1.54, 1.807) is 0 Å². The lowest BCUT2D eigenvalue weighted by Crippen LogP contribution is -2.25. The molecule has 1 aliphatic rings. The van der Waals surface area contributed by atoms with Crippen molar-refractivity contribution in [3.8, 4) is 5.75 Å². The zero-order valence-corrected chi connectivity index (χ0v) is 13.2. The number of aliphatic hydroxyl groups excluding tert-OH is 1. The highest BCUT2D eigenvalue weighted by Gasteiger charge is 2.24. The molecule has 1 fully saturated rings. The molecule has 2 rings (SSSR count). The Labute approximate surface area is 128 Å². The Balaban J connectivity index is 1.69. The molecule has 0 aromatic heterocycles. The van der Waals surface area contributed by atoms with Gasteiger partial charge in [0.15, 0.2) is 0 Å². The molecule has 0 amide bonds. The summed E-state index contributed by atoms with van der Waals surface area (Å²) in [6, 6.07) is 8.71. The van der Waals surface area contributed by atoms with Gasteiger partial charge in [-0.05, 0) is 30.5 Å².